The minimum atomic E-state index is -0.301. The number of nitrogens with one attached hydrogen (secondary N) is 1. The Labute approximate surface area is 106 Å². The van der Waals surface area contributed by atoms with Crippen LogP contribution in [0.3, 0.4) is 0 Å². The molecule has 3 N–H and O–H groups in total. The van der Waals surface area contributed by atoms with Gasteiger partial charge < -0.3 is 10.6 Å². The molecule has 5 nitrogen and oxygen atoms in total. The lowest BCUT2D eigenvalue weighted by Gasteiger charge is -2.36. The van der Waals surface area contributed by atoms with E-state index in [0.29, 0.717) is 12.1 Å². The summed E-state index contributed by atoms with van der Waals surface area (Å²) in [7, 11) is 0. The van der Waals surface area contributed by atoms with Crippen LogP contribution in [0.2, 0.25) is 0 Å². The second kappa shape index (κ2) is 4.68. The van der Waals surface area contributed by atoms with Crippen LogP contribution in [0.5, 0.6) is 0 Å². The Hall–Kier alpha value is -2.04. The molecule has 1 aromatic carbocycles. The fourth-order valence-electron chi connectivity index (χ4n) is 2.33. The van der Waals surface area contributed by atoms with Gasteiger partial charge in [0.05, 0.1) is 6.54 Å². The Morgan fingerprint density at radius 3 is 2.78 bits per heavy atom. The average Bonchev–Trinajstić information content (AvgIpc) is 2.28. The molecule has 1 aliphatic heterocycles. The quantitative estimate of drug-likeness (QED) is 0.599. The Morgan fingerprint density at radius 2 is 2.17 bits per heavy atom. The molecule has 1 aliphatic rings. The summed E-state index contributed by atoms with van der Waals surface area (Å²) in [6.45, 7) is 4.06. The Balaban J connectivity index is 2.39. The zero-order valence-electron chi connectivity index (χ0n) is 10.6. The summed E-state index contributed by atoms with van der Waals surface area (Å²) in [6.07, 6.45) is 0.656. The highest BCUT2D eigenvalue weighted by Gasteiger charge is 2.32. The van der Waals surface area contributed by atoms with Gasteiger partial charge >= 0.3 is 0 Å². The van der Waals surface area contributed by atoms with E-state index < -0.39 is 0 Å². The normalized spacial score (nSPS) is 19.9. The molecule has 1 heterocycles. The highest BCUT2D eigenvalue weighted by atomic mass is 16.2. The van der Waals surface area contributed by atoms with Crippen LogP contribution in [-0.4, -0.2) is 24.4 Å². The van der Waals surface area contributed by atoms with Crippen LogP contribution in [0.25, 0.3) is 0 Å². The number of piperazine rings is 1. The molecule has 0 aliphatic carbocycles. The van der Waals surface area contributed by atoms with E-state index in [9.17, 15) is 9.59 Å². The van der Waals surface area contributed by atoms with Crippen LogP contribution in [0.4, 0.5) is 11.4 Å². The molecule has 18 heavy (non-hydrogen) atoms. The first kappa shape index (κ1) is 12.4. The van der Waals surface area contributed by atoms with Crippen LogP contribution in [0, 0.1) is 6.92 Å². The van der Waals surface area contributed by atoms with Gasteiger partial charge in [0.25, 0.3) is 0 Å². The number of amides is 2. The predicted molar refractivity (Wildman–Crippen MR) is 70.2 cm³/mol. The number of hydrogen-bond donors (Lipinski definition) is 2. The molecule has 0 spiro atoms. The molecule has 2 rings (SSSR count). The molecule has 0 radical (unpaired) electrons. The molecular formula is C13H17N3O2. The molecule has 1 aromatic rings. The number of nitrogen functional groups attached to an aromatic ring is 1. The lowest BCUT2D eigenvalue weighted by Crippen LogP contribution is -2.58. The highest BCUT2D eigenvalue weighted by Crippen LogP contribution is 2.26. The second-order valence-electron chi connectivity index (χ2n) is 4.51. The molecule has 0 bridgehead atoms. The zero-order chi connectivity index (χ0) is 13.3. The summed E-state index contributed by atoms with van der Waals surface area (Å²) in [5.41, 5.74) is 8.25. The number of aryl methyl sites for hydroxylation is 1. The highest BCUT2D eigenvalue weighted by molar-refractivity contribution is 6.04. The third-order valence-electron chi connectivity index (χ3n) is 3.17. The fraction of sp³-hybridized carbons (Fsp3) is 0.385. The maximum absolute atomic E-state index is 11.8. The van der Waals surface area contributed by atoms with Crippen molar-refractivity contribution in [2.75, 3.05) is 17.2 Å². The van der Waals surface area contributed by atoms with Crippen molar-refractivity contribution in [2.24, 2.45) is 0 Å². The van der Waals surface area contributed by atoms with Gasteiger partial charge in [0.2, 0.25) is 11.8 Å². The van der Waals surface area contributed by atoms with E-state index in [1.54, 1.807) is 6.07 Å². The maximum atomic E-state index is 11.8. The Bertz CT molecular complexity index is 499. The van der Waals surface area contributed by atoms with Gasteiger partial charge in [-0.15, -0.1) is 0 Å². The van der Waals surface area contributed by atoms with E-state index in [4.69, 9.17) is 5.73 Å². The lowest BCUT2D eigenvalue weighted by atomic mass is 10.1. The number of nitrogens with two attached hydrogens (primary N) is 1. The van der Waals surface area contributed by atoms with E-state index >= 15 is 0 Å². The van der Waals surface area contributed by atoms with Crippen molar-refractivity contribution in [3.8, 4) is 0 Å². The van der Waals surface area contributed by atoms with Crippen LogP contribution in [-0.2, 0) is 9.59 Å². The van der Waals surface area contributed by atoms with Crippen molar-refractivity contribution >= 4 is 23.2 Å². The average molecular weight is 247 g/mol. The van der Waals surface area contributed by atoms with Crippen LogP contribution >= 0.6 is 0 Å². The van der Waals surface area contributed by atoms with E-state index in [0.717, 1.165) is 11.3 Å². The van der Waals surface area contributed by atoms with Gasteiger partial charge in [-0.3, -0.25) is 14.9 Å². The Morgan fingerprint density at radius 1 is 1.44 bits per heavy atom. The number of benzene rings is 1. The van der Waals surface area contributed by atoms with Crippen LogP contribution < -0.4 is 16.0 Å². The van der Waals surface area contributed by atoms with E-state index in [-0.39, 0.29) is 24.4 Å². The molecule has 2 amide bonds. The largest absolute Gasteiger partial charge is 0.399 e. The topological polar surface area (TPSA) is 75.4 Å². The molecule has 5 heteroatoms. The fourth-order valence-corrected chi connectivity index (χ4v) is 2.33. The number of hydrogen-bond acceptors (Lipinski definition) is 4. The summed E-state index contributed by atoms with van der Waals surface area (Å²) in [4.78, 5) is 25.1. The van der Waals surface area contributed by atoms with Gasteiger partial charge in [0, 0.05) is 11.4 Å². The van der Waals surface area contributed by atoms with Crippen molar-refractivity contribution in [3.63, 3.8) is 0 Å². The van der Waals surface area contributed by atoms with Gasteiger partial charge in [-0.05, 0) is 37.1 Å². The number of nitrogens with zero attached hydrogens (tertiary/aromatic N) is 1. The predicted octanol–water partition coefficient (Wildman–Crippen LogP) is 0.819. The smallest absolute Gasteiger partial charge is 0.249 e. The third kappa shape index (κ3) is 2.16. The zero-order valence-corrected chi connectivity index (χ0v) is 10.6. The van der Waals surface area contributed by atoms with Crippen molar-refractivity contribution < 1.29 is 9.59 Å². The molecule has 0 saturated carbocycles. The first-order chi connectivity index (χ1) is 8.52. The van der Waals surface area contributed by atoms with E-state index in [2.05, 4.69) is 5.32 Å². The third-order valence-corrected chi connectivity index (χ3v) is 3.17. The first-order valence-electron chi connectivity index (χ1n) is 5.99. The number of rotatable bonds is 2. The van der Waals surface area contributed by atoms with Crippen molar-refractivity contribution in [1.29, 1.82) is 0 Å². The van der Waals surface area contributed by atoms with Gasteiger partial charge in [-0.1, -0.05) is 6.92 Å². The number of carbonyl (C=O) groups is 2. The second-order valence-corrected chi connectivity index (χ2v) is 4.51. The molecule has 0 aromatic heterocycles. The molecule has 1 atom stereocenters. The molecule has 1 unspecified atom stereocenters. The summed E-state index contributed by atoms with van der Waals surface area (Å²) in [5, 5.41) is 2.37. The molecule has 96 valence electrons. The van der Waals surface area contributed by atoms with E-state index in [1.807, 2.05) is 30.9 Å². The Kier molecular flexibility index (Phi) is 3.23. The first-order valence-corrected chi connectivity index (χ1v) is 5.99. The van der Waals surface area contributed by atoms with Gasteiger partial charge in [-0.25, -0.2) is 0 Å². The minimum Gasteiger partial charge on any atom is -0.399 e. The summed E-state index contributed by atoms with van der Waals surface area (Å²) < 4.78 is 0. The van der Waals surface area contributed by atoms with Gasteiger partial charge in [0.15, 0.2) is 0 Å². The van der Waals surface area contributed by atoms with Crippen LogP contribution in [0.1, 0.15) is 18.9 Å². The summed E-state index contributed by atoms with van der Waals surface area (Å²) >= 11 is 0. The SMILES string of the molecule is CCC1C(=O)NC(=O)CN1c1ccc(N)cc1C. The van der Waals surface area contributed by atoms with Gasteiger partial charge in [-0.2, -0.15) is 0 Å². The van der Waals surface area contributed by atoms with Crippen molar-refractivity contribution in [1.82, 2.24) is 5.32 Å². The van der Waals surface area contributed by atoms with Crippen molar-refractivity contribution in [2.45, 2.75) is 26.3 Å². The minimum absolute atomic E-state index is 0.203. The van der Waals surface area contributed by atoms with E-state index in [1.165, 1.54) is 0 Å². The van der Waals surface area contributed by atoms with Crippen LogP contribution in [0.15, 0.2) is 18.2 Å². The molecule has 1 fully saturated rings. The standard InChI is InChI=1S/C13H17N3O2/c1-3-10-13(18)15-12(17)7-16(10)11-5-4-9(14)6-8(11)2/h4-6,10H,3,7,14H2,1-2H3,(H,15,17,18). The number of imide groups is 1. The lowest BCUT2D eigenvalue weighted by molar-refractivity contribution is -0.132. The number of anilines is 2. The molecular weight excluding hydrogens is 230 g/mol. The monoisotopic (exact) mass is 247 g/mol. The van der Waals surface area contributed by atoms with Gasteiger partial charge in [0.1, 0.15) is 6.04 Å². The number of carbonyl (C=O) groups excluding carboxylic acids is 2. The van der Waals surface area contributed by atoms with Crippen molar-refractivity contribution in [3.05, 3.63) is 23.8 Å². The molecule has 1 saturated heterocycles. The summed E-state index contributed by atoms with van der Waals surface area (Å²) in [6, 6.07) is 5.19. The maximum Gasteiger partial charge on any atom is 0.249 e. The summed E-state index contributed by atoms with van der Waals surface area (Å²) in [5.74, 6) is -0.495.